The Bertz CT molecular complexity index is 1090. The summed E-state index contributed by atoms with van der Waals surface area (Å²) in [6.45, 7) is 1.94. The highest BCUT2D eigenvalue weighted by Crippen LogP contribution is 2.44. The monoisotopic (exact) mass is 480 g/mol. The normalized spacial score (nSPS) is 17.3. The van der Waals surface area contributed by atoms with Crippen LogP contribution in [-0.4, -0.2) is 65.8 Å². The first kappa shape index (κ1) is 24.3. The lowest BCUT2D eigenvalue weighted by Gasteiger charge is -2.27. The van der Waals surface area contributed by atoms with Crippen LogP contribution in [0, 0.1) is 0 Å². The molecule has 2 N–H and O–H groups in total. The van der Waals surface area contributed by atoms with Gasteiger partial charge in [-0.05, 0) is 42.0 Å². The Hall–Kier alpha value is -3.88. The highest BCUT2D eigenvalue weighted by atomic mass is 16.6. The van der Waals surface area contributed by atoms with E-state index in [9.17, 15) is 19.2 Å². The smallest absolute Gasteiger partial charge is 0.408 e. The molecule has 2 aromatic rings. The summed E-state index contributed by atoms with van der Waals surface area (Å²) in [6, 6.07) is 13.6. The molecule has 184 valence electrons. The molecule has 1 unspecified atom stereocenters. The van der Waals surface area contributed by atoms with Gasteiger partial charge >= 0.3 is 18.0 Å². The lowest BCUT2D eigenvalue weighted by atomic mass is 9.98. The van der Waals surface area contributed by atoms with Gasteiger partial charge in [0.05, 0.1) is 13.0 Å². The summed E-state index contributed by atoms with van der Waals surface area (Å²) in [5, 5.41) is 11.5. The number of esters is 1. The van der Waals surface area contributed by atoms with Crippen LogP contribution in [0.25, 0.3) is 11.1 Å². The highest BCUT2D eigenvalue weighted by molar-refractivity contribution is 6.04. The van der Waals surface area contributed by atoms with Crippen molar-refractivity contribution in [2.24, 2.45) is 0 Å². The van der Waals surface area contributed by atoms with Crippen molar-refractivity contribution in [1.29, 1.82) is 0 Å². The third-order valence-corrected chi connectivity index (χ3v) is 6.45. The van der Waals surface area contributed by atoms with Crippen LogP contribution in [0.3, 0.4) is 0 Å². The minimum atomic E-state index is -1.61. The van der Waals surface area contributed by atoms with E-state index in [2.05, 4.69) is 5.32 Å². The van der Waals surface area contributed by atoms with Gasteiger partial charge in [-0.25, -0.2) is 9.59 Å². The summed E-state index contributed by atoms with van der Waals surface area (Å²) in [6.07, 6.45) is -0.0261. The predicted octanol–water partition coefficient (Wildman–Crippen LogP) is 2.92. The van der Waals surface area contributed by atoms with E-state index >= 15 is 0 Å². The second kappa shape index (κ2) is 10.6. The van der Waals surface area contributed by atoms with Crippen molar-refractivity contribution in [3.05, 3.63) is 59.7 Å². The molecule has 0 saturated carbocycles. The van der Waals surface area contributed by atoms with Crippen LogP contribution < -0.4 is 5.32 Å². The maximum Gasteiger partial charge on any atom is 0.408 e. The SMILES string of the molecule is CCOC(=O)C(NC(=O)OCC1c2ccccc2-c2ccccc21)C(=O)N1CCC[C@H]1CC(=O)O. The van der Waals surface area contributed by atoms with Crippen LogP contribution in [0.4, 0.5) is 4.79 Å². The van der Waals surface area contributed by atoms with Crippen molar-refractivity contribution < 1.29 is 33.8 Å². The van der Waals surface area contributed by atoms with E-state index in [0.717, 1.165) is 22.3 Å². The molecule has 1 fully saturated rings. The number of rotatable bonds is 8. The predicted molar refractivity (Wildman–Crippen MR) is 126 cm³/mol. The quantitative estimate of drug-likeness (QED) is 0.440. The van der Waals surface area contributed by atoms with E-state index in [1.165, 1.54) is 4.90 Å². The number of benzene rings is 2. The zero-order valence-electron chi connectivity index (χ0n) is 19.4. The topological polar surface area (TPSA) is 122 Å². The number of hydrogen-bond donors (Lipinski definition) is 2. The summed E-state index contributed by atoms with van der Waals surface area (Å²) in [7, 11) is 0. The second-order valence-corrected chi connectivity index (χ2v) is 8.58. The number of nitrogens with one attached hydrogen (secondary N) is 1. The van der Waals surface area contributed by atoms with Crippen molar-refractivity contribution in [1.82, 2.24) is 10.2 Å². The maximum absolute atomic E-state index is 13.1. The zero-order chi connectivity index (χ0) is 24.9. The molecule has 2 amide bonds. The molecular weight excluding hydrogens is 452 g/mol. The van der Waals surface area contributed by atoms with Gasteiger partial charge in [-0.1, -0.05) is 48.5 Å². The van der Waals surface area contributed by atoms with E-state index in [4.69, 9.17) is 14.6 Å². The van der Waals surface area contributed by atoms with E-state index < -0.39 is 36.0 Å². The fourth-order valence-corrected chi connectivity index (χ4v) is 4.91. The summed E-state index contributed by atoms with van der Waals surface area (Å²) < 4.78 is 10.5. The van der Waals surface area contributed by atoms with Crippen LogP contribution in [0.5, 0.6) is 0 Å². The molecule has 2 atom stereocenters. The Morgan fingerprint density at radius 3 is 2.26 bits per heavy atom. The number of nitrogens with zero attached hydrogens (tertiary/aromatic N) is 1. The van der Waals surface area contributed by atoms with Crippen LogP contribution in [0.1, 0.15) is 43.2 Å². The van der Waals surface area contributed by atoms with E-state index in [1.54, 1.807) is 6.92 Å². The first-order valence-corrected chi connectivity index (χ1v) is 11.7. The largest absolute Gasteiger partial charge is 0.481 e. The third-order valence-electron chi connectivity index (χ3n) is 6.45. The van der Waals surface area contributed by atoms with Crippen molar-refractivity contribution in [2.45, 2.75) is 44.2 Å². The Labute approximate surface area is 203 Å². The summed E-state index contributed by atoms with van der Waals surface area (Å²) in [5.74, 6) is -2.82. The Morgan fingerprint density at radius 2 is 1.66 bits per heavy atom. The molecule has 35 heavy (non-hydrogen) atoms. The molecule has 2 aromatic carbocycles. The van der Waals surface area contributed by atoms with Gasteiger partial charge in [0.15, 0.2) is 0 Å². The number of alkyl carbamates (subject to hydrolysis) is 1. The van der Waals surface area contributed by atoms with Crippen LogP contribution in [0.15, 0.2) is 48.5 Å². The minimum Gasteiger partial charge on any atom is -0.481 e. The van der Waals surface area contributed by atoms with Crippen LogP contribution >= 0.6 is 0 Å². The summed E-state index contributed by atoms with van der Waals surface area (Å²) in [4.78, 5) is 50.9. The fourth-order valence-electron chi connectivity index (χ4n) is 4.91. The maximum atomic E-state index is 13.1. The standard InChI is InChI=1S/C26H28N2O7/c1-2-34-25(32)23(24(31)28-13-7-8-16(28)14-22(29)30)27-26(33)35-15-21-19-11-5-3-9-17(19)18-10-4-6-12-20(18)21/h3-6,9-12,16,21,23H,2,7-8,13-15H2,1H3,(H,27,33)(H,29,30)/t16-,23?/m0/s1. The number of fused-ring (bicyclic) bond motifs is 3. The number of carboxylic acids is 1. The van der Waals surface area contributed by atoms with Gasteiger partial charge < -0.3 is 19.5 Å². The van der Waals surface area contributed by atoms with E-state index in [-0.39, 0.29) is 25.6 Å². The number of carbonyl (C=O) groups excluding carboxylic acids is 3. The molecule has 1 heterocycles. The average Bonchev–Trinajstić information content (AvgIpc) is 3.43. The number of carbonyl (C=O) groups is 4. The third kappa shape index (κ3) is 5.13. The Morgan fingerprint density at radius 1 is 1.03 bits per heavy atom. The Kier molecular flexibility index (Phi) is 7.33. The minimum absolute atomic E-state index is 0.0214. The van der Waals surface area contributed by atoms with Gasteiger partial charge in [-0.15, -0.1) is 0 Å². The van der Waals surface area contributed by atoms with Gasteiger partial charge in [0.2, 0.25) is 6.04 Å². The summed E-state index contributed by atoms with van der Waals surface area (Å²) in [5.41, 5.74) is 4.23. The molecule has 9 nitrogen and oxygen atoms in total. The summed E-state index contributed by atoms with van der Waals surface area (Å²) >= 11 is 0. The molecule has 1 saturated heterocycles. The molecule has 1 aliphatic carbocycles. The van der Waals surface area contributed by atoms with E-state index in [1.807, 2.05) is 48.5 Å². The molecule has 1 aliphatic heterocycles. The van der Waals surface area contributed by atoms with Crippen LogP contribution in [0.2, 0.25) is 0 Å². The number of amides is 2. The lowest BCUT2D eigenvalue weighted by Crippen LogP contribution is -2.54. The van der Waals surface area contributed by atoms with Gasteiger partial charge in [-0.2, -0.15) is 0 Å². The number of carboxylic acid groups (broad SMARTS) is 1. The van der Waals surface area contributed by atoms with Crippen molar-refractivity contribution >= 4 is 23.9 Å². The fraction of sp³-hybridized carbons (Fsp3) is 0.385. The lowest BCUT2D eigenvalue weighted by molar-refractivity contribution is -0.152. The average molecular weight is 481 g/mol. The molecule has 0 radical (unpaired) electrons. The van der Waals surface area contributed by atoms with Gasteiger partial charge in [-0.3, -0.25) is 14.9 Å². The molecule has 2 aliphatic rings. The first-order chi connectivity index (χ1) is 16.9. The highest BCUT2D eigenvalue weighted by Gasteiger charge is 2.39. The molecule has 0 bridgehead atoms. The number of aliphatic carboxylic acids is 1. The molecule has 0 spiro atoms. The van der Waals surface area contributed by atoms with Crippen molar-refractivity contribution in [2.75, 3.05) is 19.8 Å². The Balaban J connectivity index is 1.46. The molecule has 4 rings (SSSR count). The molecule has 9 heteroatoms. The molecule has 0 aromatic heterocycles. The first-order valence-electron chi connectivity index (χ1n) is 11.7. The number of hydrogen-bond acceptors (Lipinski definition) is 6. The van der Waals surface area contributed by atoms with Crippen molar-refractivity contribution in [3.8, 4) is 11.1 Å². The van der Waals surface area contributed by atoms with Crippen molar-refractivity contribution in [3.63, 3.8) is 0 Å². The van der Waals surface area contributed by atoms with E-state index in [0.29, 0.717) is 19.4 Å². The number of likely N-dealkylation sites (tertiary alicyclic amines) is 1. The molecular formula is C26H28N2O7. The zero-order valence-corrected chi connectivity index (χ0v) is 19.4. The van der Waals surface area contributed by atoms with Crippen LogP contribution in [-0.2, 0) is 23.9 Å². The van der Waals surface area contributed by atoms with Gasteiger partial charge in [0.25, 0.3) is 5.91 Å². The second-order valence-electron chi connectivity index (χ2n) is 8.58. The van der Waals surface area contributed by atoms with Gasteiger partial charge in [0.1, 0.15) is 6.61 Å². The number of ether oxygens (including phenoxy) is 2. The van der Waals surface area contributed by atoms with Gasteiger partial charge in [0, 0.05) is 18.5 Å².